The Bertz CT molecular complexity index is 1370. The number of fused-ring (bicyclic) bond motifs is 1. The van der Waals surface area contributed by atoms with E-state index >= 15 is 0 Å². The van der Waals surface area contributed by atoms with E-state index in [4.69, 9.17) is 4.98 Å². The van der Waals surface area contributed by atoms with Crippen LogP contribution in [0.3, 0.4) is 0 Å². The summed E-state index contributed by atoms with van der Waals surface area (Å²) in [6.07, 6.45) is 2.09. The van der Waals surface area contributed by atoms with Gasteiger partial charge in [-0.05, 0) is 43.2 Å². The number of para-hydroxylation sites is 1. The van der Waals surface area contributed by atoms with Crippen molar-refractivity contribution in [1.29, 1.82) is 0 Å². The summed E-state index contributed by atoms with van der Waals surface area (Å²) >= 11 is 0. The molecule has 0 atom stereocenters. The predicted molar refractivity (Wildman–Crippen MR) is 129 cm³/mol. The highest BCUT2D eigenvalue weighted by atomic mass is 32.2. The van der Waals surface area contributed by atoms with Gasteiger partial charge in [0.05, 0.1) is 22.5 Å². The highest BCUT2D eigenvalue weighted by Crippen LogP contribution is 2.28. The molecule has 9 nitrogen and oxygen atoms in total. The molecular weight excluding hydrogens is 454 g/mol. The minimum Gasteiger partial charge on any atom is -0.356 e. The molecule has 0 aliphatic carbocycles. The number of aromatic nitrogens is 1. The number of pyridine rings is 1. The molecule has 0 radical (unpaired) electrons. The van der Waals surface area contributed by atoms with Crippen molar-refractivity contribution in [2.75, 3.05) is 42.9 Å². The van der Waals surface area contributed by atoms with Crippen LogP contribution < -0.4 is 15.5 Å². The van der Waals surface area contributed by atoms with Gasteiger partial charge in [0.25, 0.3) is 5.91 Å². The quantitative estimate of drug-likeness (QED) is 0.580. The zero-order chi connectivity index (χ0) is 23.7. The van der Waals surface area contributed by atoms with Crippen molar-refractivity contribution in [3.05, 3.63) is 60.2 Å². The molecule has 0 spiro atoms. The molecule has 5 rings (SSSR count). The molecule has 3 aromatic rings. The van der Waals surface area contributed by atoms with Gasteiger partial charge in [-0.3, -0.25) is 9.59 Å². The lowest BCUT2D eigenvalue weighted by Gasteiger charge is -2.26. The number of sulfonamides is 1. The Morgan fingerprint density at radius 2 is 1.79 bits per heavy atom. The standard InChI is InChI=1S/C24H25N5O4S/c30-22-16-29(13-10-25-22)34(32,33)19-8-5-7-18(15-19)26-24(31)20-14-17-6-1-2-9-21(17)27-23(20)28-11-3-4-12-28/h1-2,5-9,14-15H,3-4,10-13,16H2,(H,25,30)(H,26,31). The van der Waals surface area contributed by atoms with Gasteiger partial charge in [-0.2, -0.15) is 4.31 Å². The van der Waals surface area contributed by atoms with Crippen LogP contribution in [0.15, 0.2) is 59.5 Å². The number of anilines is 2. The summed E-state index contributed by atoms with van der Waals surface area (Å²) in [5, 5.41) is 6.32. The maximum atomic E-state index is 13.4. The average Bonchev–Trinajstić information content (AvgIpc) is 3.38. The molecule has 2 saturated heterocycles. The Morgan fingerprint density at radius 1 is 1.00 bits per heavy atom. The smallest absolute Gasteiger partial charge is 0.259 e. The summed E-state index contributed by atoms with van der Waals surface area (Å²) in [7, 11) is -3.87. The summed E-state index contributed by atoms with van der Waals surface area (Å²) in [6.45, 7) is 1.92. The van der Waals surface area contributed by atoms with E-state index in [9.17, 15) is 18.0 Å². The third-order valence-corrected chi connectivity index (χ3v) is 7.93. The number of carbonyl (C=O) groups is 2. The molecule has 2 aliphatic heterocycles. The average molecular weight is 480 g/mol. The molecule has 2 aliphatic rings. The Labute approximate surface area is 197 Å². The number of nitrogens with zero attached hydrogens (tertiary/aromatic N) is 3. The lowest BCUT2D eigenvalue weighted by molar-refractivity contribution is -0.122. The van der Waals surface area contributed by atoms with Gasteiger partial charge in [0.1, 0.15) is 5.82 Å². The number of rotatable bonds is 5. The summed E-state index contributed by atoms with van der Waals surface area (Å²) in [4.78, 5) is 31.9. The van der Waals surface area contributed by atoms with E-state index in [1.54, 1.807) is 12.1 Å². The highest BCUT2D eigenvalue weighted by Gasteiger charge is 2.29. The molecule has 2 N–H and O–H groups in total. The van der Waals surface area contributed by atoms with Crippen molar-refractivity contribution in [3.8, 4) is 0 Å². The van der Waals surface area contributed by atoms with Gasteiger partial charge in [-0.15, -0.1) is 0 Å². The molecule has 0 saturated carbocycles. The van der Waals surface area contributed by atoms with Gasteiger partial charge in [-0.1, -0.05) is 24.3 Å². The van der Waals surface area contributed by atoms with Crippen molar-refractivity contribution < 1.29 is 18.0 Å². The van der Waals surface area contributed by atoms with E-state index in [1.807, 2.05) is 30.3 Å². The number of hydrogen-bond acceptors (Lipinski definition) is 6. The van der Waals surface area contributed by atoms with E-state index in [1.165, 1.54) is 12.1 Å². The fraction of sp³-hybridized carbons (Fsp3) is 0.292. The van der Waals surface area contributed by atoms with Crippen LogP contribution in [0.4, 0.5) is 11.5 Å². The predicted octanol–water partition coefficient (Wildman–Crippen LogP) is 2.21. The van der Waals surface area contributed by atoms with Gasteiger partial charge in [0.15, 0.2) is 0 Å². The maximum Gasteiger partial charge on any atom is 0.259 e. The van der Waals surface area contributed by atoms with Crippen LogP contribution in [-0.2, 0) is 14.8 Å². The van der Waals surface area contributed by atoms with Crippen LogP contribution in [-0.4, -0.2) is 62.2 Å². The molecule has 3 heterocycles. The number of hydrogen-bond donors (Lipinski definition) is 2. The Morgan fingerprint density at radius 3 is 2.59 bits per heavy atom. The Balaban J connectivity index is 1.45. The molecule has 34 heavy (non-hydrogen) atoms. The van der Waals surface area contributed by atoms with Crippen LogP contribution in [0.2, 0.25) is 0 Å². The van der Waals surface area contributed by atoms with Gasteiger partial charge >= 0.3 is 0 Å². The molecular formula is C24H25N5O4S. The summed E-state index contributed by atoms with van der Waals surface area (Å²) in [5.74, 6) is -0.0543. The van der Waals surface area contributed by atoms with Crippen LogP contribution >= 0.6 is 0 Å². The topological polar surface area (TPSA) is 112 Å². The molecule has 2 amide bonds. The first-order valence-corrected chi connectivity index (χ1v) is 12.7. The largest absolute Gasteiger partial charge is 0.356 e. The number of piperazine rings is 1. The molecule has 2 fully saturated rings. The first kappa shape index (κ1) is 22.3. The third-order valence-electron chi connectivity index (χ3n) is 6.09. The van der Waals surface area contributed by atoms with Crippen LogP contribution in [0, 0.1) is 0 Å². The lowest BCUT2D eigenvalue weighted by atomic mass is 10.1. The monoisotopic (exact) mass is 479 g/mol. The highest BCUT2D eigenvalue weighted by molar-refractivity contribution is 7.89. The van der Waals surface area contributed by atoms with Gasteiger partial charge < -0.3 is 15.5 Å². The van der Waals surface area contributed by atoms with Crippen molar-refractivity contribution in [3.63, 3.8) is 0 Å². The van der Waals surface area contributed by atoms with Crippen molar-refractivity contribution in [1.82, 2.24) is 14.6 Å². The van der Waals surface area contributed by atoms with E-state index in [0.717, 1.165) is 41.1 Å². The lowest BCUT2D eigenvalue weighted by Crippen LogP contribution is -2.49. The second-order valence-electron chi connectivity index (χ2n) is 8.42. The normalized spacial score (nSPS) is 17.1. The SMILES string of the molecule is O=C1CN(S(=O)(=O)c2cccc(NC(=O)c3cc4ccccc4nc3N3CCCC3)c2)CCN1. The summed E-state index contributed by atoms with van der Waals surface area (Å²) < 4.78 is 27.2. The number of benzene rings is 2. The second-order valence-corrected chi connectivity index (χ2v) is 10.4. The maximum absolute atomic E-state index is 13.4. The zero-order valence-electron chi connectivity index (χ0n) is 18.5. The fourth-order valence-electron chi connectivity index (χ4n) is 4.34. The minimum absolute atomic E-state index is 0.0244. The summed E-state index contributed by atoms with van der Waals surface area (Å²) in [5.41, 5.74) is 1.62. The van der Waals surface area contributed by atoms with Gasteiger partial charge in [0.2, 0.25) is 15.9 Å². The van der Waals surface area contributed by atoms with Gasteiger partial charge in [-0.25, -0.2) is 13.4 Å². The molecule has 2 aromatic carbocycles. The first-order chi connectivity index (χ1) is 16.4. The number of amides is 2. The third kappa shape index (κ3) is 4.34. The molecule has 176 valence electrons. The van der Waals surface area contributed by atoms with Crippen LogP contribution in [0.1, 0.15) is 23.2 Å². The number of nitrogens with one attached hydrogen (secondary N) is 2. The van der Waals surface area contributed by atoms with E-state index < -0.39 is 10.0 Å². The van der Waals surface area contributed by atoms with Crippen molar-refractivity contribution in [2.24, 2.45) is 0 Å². The second kappa shape index (κ2) is 9.03. The molecule has 10 heteroatoms. The van der Waals surface area contributed by atoms with Crippen LogP contribution in [0.25, 0.3) is 10.9 Å². The first-order valence-electron chi connectivity index (χ1n) is 11.2. The summed E-state index contributed by atoms with van der Waals surface area (Å²) in [6, 6.07) is 15.6. The number of carbonyl (C=O) groups excluding carboxylic acids is 2. The van der Waals surface area contributed by atoms with Gasteiger partial charge in [0, 0.05) is 37.3 Å². The van der Waals surface area contributed by atoms with E-state index in [0.29, 0.717) is 17.1 Å². The zero-order valence-corrected chi connectivity index (χ0v) is 19.3. The minimum atomic E-state index is -3.87. The van der Waals surface area contributed by atoms with E-state index in [2.05, 4.69) is 15.5 Å². The van der Waals surface area contributed by atoms with Crippen LogP contribution in [0.5, 0.6) is 0 Å². The molecule has 1 aromatic heterocycles. The van der Waals surface area contributed by atoms with Crippen molar-refractivity contribution in [2.45, 2.75) is 17.7 Å². The molecule has 0 unspecified atom stereocenters. The van der Waals surface area contributed by atoms with Crippen molar-refractivity contribution >= 4 is 44.2 Å². The van der Waals surface area contributed by atoms with E-state index in [-0.39, 0.29) is 36.3 Å². The Hall–Kier alpha value is -3.50. The fourth-order valence-corrected chi connectivity index (χ4v) is 5.79. The Kier molecular flexibility index (Phi) is 5.93. The molecule has 0 bridgehead atoms.